The molecule has 86 valence electrons. The third kappa shape index (κ3) is 2.49. The van der Waals surface area contributed by atoms with Gasteiger partial charge in [-0.25, -0.2) is 9.78 Å². The van der Waals surface area contributed by atoms with Gasteiger partial charge in [-0.1, -0.05) is 30.3 Å². The number of aliphatic hydroxyl groups is 1. The van der Waals surface area contributed by atoms with Gasteiger partial charge in [0, 0.05) is 11.8 Å². The summed E-state index contributed by atoms with van der Waals surface area (Å²) in [6, 6.07) is 10.6. The van der Waals surface area contributed by atoms with Crippen molar-refractivity contribution in [2.75, 3.05) is 0 Å². The third-order valence-corrected chi connectivity index (χ3v) is 2.45. The van der Waals surface area contributed by atoms with Gasteiger partial charge in [-0.05, 0) is 17.2 Å². The normalized spacial score (nSPS) is 10.2. The summed E-state index contributed by atoms with van der Waals surface area (Å²) in [5.74, 6) is -1.04. The number of aromatic nitrogens is 1. The van der Waals surface area contributed by atoms with E-state index >= 15 is 0 Å². The van der Waals surface area contributed by atoms with E-state index in [9.17, 15) is 4.79 Å². The summed E-state index contributed by atoms with van der Waals surface area (Å²) in [7, 11) is 0. The summed E-state index contributed by atoms with van der Waals surface area (Å²) in [5, 5.41) is 17.6. The predicted molar refractivity (Wildman–Crippen MR) is 62.6 cm³/mol. The van der Waals surface area contributed by atoms with Gasteiger partial charge in [-0.2, -0.15) is 0 Å². The standard InChI is InChI=1S/C13H11NO3/c15-8-9-1-3-10(4-2-9)11-5-6-12(13(16)17)14-7-11/h1-7,15H,8H2,(H,16,17). The van der Waals surface area contributed by atoms with Crippen LogP contribution >= 0.6 is 0 Å². The highest BCUT2D eigenvalue weighted by molar-refractivity contribution is 5.85. The zero-order valence-electron chi connectivity index (χ0n) is 9.00. The van der Waals surface area contributed by atoms with Crippen LogP contribution in [0.1, 0.15) is 16.1 Å². The van der Waals surface area contributed by atoms with Gasteiger partial charge in [-0.15, -0.1) is 0 Å². The maximum Gasteiger partial charge on any atom is 0.354 e. The summed E-state index contributed by atoms with van der Waals surface area (Å²) < 4.78 is 0. The van der Waals surface area contributed by atoms with Crippen molar-refractivity contribution in [3.8, 4) is 11.1 Å². The van der Waals surface area contributed by atoms with Crippen molar-refractivity contribution in [1.82, 2.24) is 4.98 Å². The van der Waals surface area contributed by atoms with Crippen LogP contribution in [-0.2, 0) is 6.61 Å². The van der Waals surface area contributed by atoms with Crippen molar-refractivity contribution in [1.29, 1.82) is 0 Å². The van der Waals surface area contributed by atoms with Crippen molar-refractivity contribution in [2.24, 2.45) is 0 Å². The number of pyridine rings is 1. The lowest BCUT2D eigenvalue weighted by atomic mass is 10.1. The molecule has 0 bridgehead atoms. The first-order chi connectivity index (χ1) is 8.20. The quantitative estimate of drug-likeness (QED) is 0.843. The van der Waals surface area contributed by atoms with E-state index in [4.69, 9.17) is 10.2 Å². The lowest BCUT2D eigenvalue weighted by Gasteiger charge is -2.02. The maximum atomic E-state index is 10.6. The van der Waals surface area contributed by atoms with E-state index in [-0.39, 0.29) is 12.3 Å². The van der Waals surface area contributed by atoms with Crippen LogP contribution in [0.2, 0.25) is 0 Å². The summed E-state index contributed by atoms with van der Waals surface area (Å²) in [4.78, 5) is 14.5. The lowest BCUT2D eigenvalue weighted by molar-refractivity contribution is 0.0690. The van der Waals surface area contributed by atoms with E-state index in [1.165, 1.54) is 12.3 Å². The molecule has 1 aromatic carbocycles. The molecule has 0 atom stereocenters. The molecule has 1 aromatic heterocycles. The van der Waals surface area contributed by atoms with Gasteiger partial charge in [0.1, 0.15) is 5.69 Å². The van der Waals surface area contributed by atoms with Crippen LogP contribution in [0.25, 0.3) is 11.1 Å². The predicted octanol–water partition coefficient (Wildman–Crippen LogP) is 1.94. The average molecular weight is 229 g/mol. The number of hydrogen-bond acceptors (Lipinski definition) is 3. The Balaban J connectivity index is 2.29. The van der Waals surface area contributed by atoms with Gasteiger partial charge in [0.2, 0.25) is 0 Å². The number of nitrogens with zero attached hydrogens (tertiary/aromatic N) is 1. The summed E-state index contributed by atoms with van der Waals surface area (Å²) in [6.07, 6.45) is 1.53. The first kappa shape index (κ1) is 11.3. The molecular weight excluding hydrogens is 218 g/mol. The van der Waals surface area contributed by atoms with Gasteiger partial charge in [0.25, 0.3) is 0 Å². The minimum atomic E-state index is -1.04. The minimum absolute atomic E-state index is 0.0104. The van der Waals surface area contributed by atoms with Crippen molar-refractivity contribution < 1.29 is 15.0 Å². The first-order valence-corrected chi connectivity index (χ1v) is 5.10. The van der Waals surface area contributed by atoms with Gasteiger partial charge in [0.05, 0.1) is 6.61 Å². The Morgan fingerprint density at radius 3 is 2.18 bits per heavy atom. The highest BCUT2D eigenvalue weighted by atomic mass is 16.4. The van der Waals surface area contributed by atoms with Crippen LogP contribution in [0.3, 0.4) is 0 Å². The Morgan fingerprint density at radius 2 is 1.71 bits per heavy atom. The molecule has 0 saturated carbocycles. The van der Waals surface area contributed by atoms with Crippen molar-refractivity contribution in [3.05, 3.63) is 53.9 Å². The van der Waals surface area contributed by atoms with Gasteiger partial charge in [-0.3, -0.25) is 0 Å². The van der Waals surface area contributed by atoms with Crippen LogP contribution in [0.5, 0.6) is 0 Å². The second-order valence-corrected chi connectivity index (χ2v) is 3.59. The number of rotatable bonds is 3. The molecule has 0 saturated heterocycles. The molecule has 17 heavy (non-hydrogen) atoms. The molecule has 0 aliphatic rings. The lowest BCUT2D eigenvalue weighted by Crippen LogP contribution is -1.99. The van der Waals surface area contributed by atoms with Crippen molar-refractivity contribution in [2.45, 2.75) is 6.61 Å². The Labute approximate surface area is 98.2 Å². The highest BCUT2D eigenvalue weighted by Gasteiger charge is 2.04. The zero-order chi connectivity index (χ0) is 12.3. The van der Waals surface area contributed by atoms with Crippen molar-refractivity contribution >= 4 is 5.97 Å². The molecule has 0 aliphatic heterocycles. The molecule has 0 unspecified atom stereocenters. The molecule has 0 aliphatic carbocycles. The summed E-state index contributed by atoms with van der Waals surface area (Å²) in [6.45, 7) is 0.0104. The second kappa shape index (κ2) is 4.76. The third-order valence-electron chi connectivity index (χ3n) is 2.45. The molecule has 4 heteroatoms. The highest BCUT2D eigenvalue weighted by Crippen LogP contribution is 2.19. The number of carbonyl (C=O) groups is 1. The molecule has 2 aromatic rings. The zero-order valence-corrected chi connectivity index (χ0v) is 9.00. The van der Waals surface area contributed by atoms with E-state index in [1.54, 1.807) is 6.07 Å². The maximum absolute atomic E-state index is 10.6. The van der Waals surface area contributed by atoms with Gasteiger partial charge in [0.15, 0.2) is 0 Å². The topological polar surface area (TPSA) is 70.4 Å². The molecule has 2 rings (SSSR count). The van der Waals surface area contributed by atoms with Crippen molar-refractivity contribution in [3.63, 3.8) is 0 Å². The molecule has 2 N–H and O–H groups in total. The van der Waals surface area contributed by atoms with Crippen LogP contribution in [-0.4, -0.2) is 21.2 Å². The average Bonchev–Trinajstić information content (AvgIpc) is 2.39. The smallest absolute Gasteiger partial charge is 0.354 e. The van der Waals surface area contributed by atoms with Crippen LogP contribution < -0.4 is 0 Å². The minimum Gasteiger partial charge on any atom is -0.477 e. The number of carboxylic acid groups (broad SMARTS) is 1. The van der Waals surface area contributed by atoms with Crippen LogP contribution in [0.4, 0.5) is 0 Å². The molecule has 0 spiro atoms. The Hall–Kier alpha value is -2.20. The SMILES string of the molecule is O=C(O)c1ccc(-c2ccc(CO)cc2)cn1. The summed E-state index contributed by atoms with van der Waals surface area (Å²) in [5.41, 5.74) is 2.65. The molecule has 0 amide bonds. The molecule has 1 heterocycles. The number of benzene rings is 1. The second-order valence-electron chi connectivity index (χ2n) is 3.59. The van der Waals surface area contributed by atoms with E-state index in [0.717, 1.165) is 16.7 Å². The number of aliphatic hydroxyl groups excluding tert-OH is 1. The molecular formula is C13H11NO3. The number of carboxylic acids is 1. The van der Waals surface area contributed by atoms with E-state index in [1.807, 2.05) is 24.3 Å². The summed E-state index contributed by atoms with van der Waals surface area (Å²) >= 11 is 0. The number of hydrogen-bond donors (Lipinski definition) is 2. The fourth-order valence-corrected chi connectivity index (χ4v) is 1.49. The van der Waals surface area contributed by atoms with Gasteiger partial charge < -0.3 is 10.2 Å². The van der Waals surface area contributed by atoms with E-state index in [2.05, 4.69) is 4.98 Å². The Bertz CT molecular complexity index is 517. The van der Waals surface area contributed by atoms with Crippen LogP contribution in [0.15, 0.2) is 42.6 Å². The Morgan fingerprint density at radius 1 is 1.06 bits per heavy atom. The Kier molecular flexibility index (Phi) is 3.16. The largest absolute Gasteiger partial charge is 0.477 e. The fraction of sp³-hybridized carbons (Fsp3) is 0.0769. The number of aromatic carboxylic acids is 1. The van der Waals surface area contributed by atoms with E-state index in [0.29, 0.717) is 0 Å². The van der Waals surface area contributed by atoms with E-state index < -0.39 is 5.97 Å². The monoisotopic (exact) mass is 229 g/mol. The first-order valence-electron chi connectivity index (χ1n) is 5.10. The van der Waals surface area contributed by atoms with Crippen LogP contribution in [0, 0.1) is 0 Å². The molecule has 0 radical (unpaired) electrons. The molecule has 0 fully saturated rings. The van der Waals surface area contributed by atoms with Gasteiger partial charge >= 0.3 is 5.97 Å². The molecule has 4 nitrogen and oxygen atoms in total. The fourth-order valence-electron chi connectivity index (χ4n) is 1.49.